The Hall–Kier alpha value is -2.68. The molecule has 0 aliphatic heterocycles. The van der Waals surface area contributed by atoms with Gasteiger partial charge < -0.3 is 11.1 Å². The fourth-order valence-electron chi connectivity index (χ4n) is 2.63. The molecule has 0 saturated heterocycles. The van der Waals surface area contributed by atoms with E-state index in [0.29, 0.717) is 10.6 Å². The number of anilines is 1. The van der Waals surface area contributed by atoms with Gasteiger partial charge in [0.05, 0.1) is 9.77 Å². The molecule has 0 saturated carbocycles. The van der Waals surface area contributed by atoms with Gasteiger partial charge in [0.2, 0.25) is 10.0 Å². The first kappa shape index (κ1) is 20.1. The van der Waals surface area contributed by atoms with Crippen LogP contribution in [0, 0.1) is 0 Å². The summed E-state index contributed by atoms with van der Waals surface area (Å²) in [5, 5.41) is 2.77. The Morgan fingerprint density at radius 1 is 1.04 bits per heavy atom. The average Bonchev–Trinajstić information content (AvgIpc) is 3.17. The van der Waals surface area contributed by atoms with Crippen LogP contribution >= 0.6 is 11.3 Å². The number of benzene rings is 2. The fraction of sp³-hybridized carbons (Fsp3) is 0.150. The number of sulfonamides is 1. The number of nitrogen functional groups attached to an aromatic ring is 1. The van der Waals surface area contributed by atoms with Crippen molar-refractivity contribution < 1.29 is 13.2 Å². The van der Waals surface area contributed by atoms with E-state index in [1.54, 1.807) is 31.2 Å². The van der Waals surface area contributed by atoms with Crippen molar-refractivity contribution in [2.45, 2.75) is 17.9 Å². The maximum atomic E-state index is 12.4. The van der Waals surface area contributed by atoms with Crippen molar-refractivity contribution in [3.05, 3.63) is 71.6 Å². The first-order valence-electron chi connectivity index (χ1n) is 8.67. The van der Waals surface area contributed by atoms with Crippen LogP contribution in [-0.4, -0.2) is 26.9 Å². The molecule has 4 N–H and O–H groups in total. The predicted molar refractivity (Wildman–Crippen MR) is 113 cm³/mol. The molecule has 0 spiro atoms. The van der Waals surface area contributed by atoms with Crippen molar-refractivity contribution in [3.63, 3.8) is 0 Å². The van der Waals surface area contributed by atoms with Crippen molar-refractivity contribution >= 4 is 33.0 Å². The second-order valence-corrected chi connectivity index (χ2v) is 9.09. The molecule has 0 aliphatic carbocycles. The lowest BCUT2D eigenvalue weighted by molar-refractivity contribution is 0.0955. The maximum absolute atomic E-state index is 12.4. The van der Waals surface area contributed by atoms with Gasteiger partial charge in [0.1, 0.15) is 0 Å². The van der Waals surface area contributed by atoms with Gasteiger partial charge in [0.25, 0.3) is 5.91 Å². The second-order valence-electron chi connectivity index (χ2n) is 6.30. The highest BCUT2D eigenvalue weighted by molar-refractivity contribution is 7.89. The molecule has 6 nitrogen and oxygen atoms in total. The molecule has 0 bridgehead atoms. The fourth-order valence-corrected chi connectivity index (χ4v) is 4.87. The Bertz CT molecular complexity index is 1060. The van der Waals surface area contributed by atoms with E-state index in [2.05, 4.69) is 10.0 Å². The zero-order valence-electron chi connectivity index (χ0n) is 15.3. The minimum Gasteiger partial charge on any atom is -0.398 e. The SMILES string of the molecule is C[C@H](CNC(=O)c1ccc(-c2ccccc2N)s1)NS(=O)(=O)c1ccccc1. The molecule has 1 atom stereocenters. The Morgan fingerprint density at radius 3 is 2.43 bits per heavy atom. The molecule has 1 heterocycles. The molecule has 146 valence electrons. The van der Waals surface area contributed by atoms with E-state index in [4.69, 9.17) is 5.73 Å². The van der Waals surface area contributed by atoms with Crippen LogP contribution in [0.15, 0.2) is 71.6 Å². The highest BCUT2D eigenvalue weighted by Crippen LogP contribution is 2.31. The van der Waals surface area contributed by atoms with Crippen LogP contribution < -0.4 is 15.8 Å². The third-order valence-corrected chi connectivity index (χ3v) is 6.76. The summed E-state index contributed by atoms with van der Waals surface area (Å²) in [4.78, 5) is 14.0. The number of hydrogen-bond acceptors (Lipinski definition) is 5. The number of carbonyl (C=O) groups is 1. The maximum Gasteiger partial charge on any atom is 0.261 e. The topological polar surface area (TPSA) is 101 Å². The number of para-hydroxylation sites is 1. The van der Waals surface area contributed by atoms with E-state index >= 15 is 0 Å². The molecule has 1 aromatic heterocycles. The minimum atomic E-state index is -3.62. The van der Waals surface area contributed by atoms with Gasteiger partial charge in [-0.15, -0.1) is 11.3 Å². The normalized spacial score (nSPS) is 12.5. The van der Waals surface area contributed by atoms with Gasteiger partial charge in [-0.05, 0) is 37.3 Å². The summed E-state index contributed by atoms with van der Waals surface area (Å²) in [6.07, 6.45) is 0. The Balaban J connectivity index is 1.59. The van der Waals surface area contributed by atoms with Gasteiger partial charge in [0, 0.05) is 28.7 Å². The number of amides is 1. The van der Waals surface area contributed by atoms with Crippen molar-refractivity contribution in [2.75, 3.05) is 12.3 Å². The number of nitrogens with two attached hydrogens (primary N) is 1. The molecule has 0 aliphatic rings. The first-order chi connectivity index (χ1) is 13.4. The van der Waals surface area contributed by atoms with Gasteiger partial charge in [0.15, 0.2) is 0 Å². The second kappa shape index (κ2) is 8.55. The van der Waals surface area contributed by atoms with E-state index in [1.807, 2.05) is 30.3 Å². The summed E-state index contributed by atoms with van der Waals surface area (Å²) >= 11 is 1.34. The van der Waals surface area contributed by atoms with Gasteiger partial charge in [-0.3, -0.25) is 4.79 Å². The minimum absolute atomic E-state index is 0.172. The highest BCUT2D eigenvalue weighted by Gasteiger charge is 2.18. The molecule has 0 fully saturated rings. The summed E-state index contributed by atoms with van der Waals surface area (Å²) < 4.78 is 27.2. The van der Waals surface area contributed by atoms with Crippen LogP contribution in [0.5, 0.6) is 0 Å². The average molecular weight is 416 g/mol. The summed E-state index contributed by atoms with van der Waals surface area (Å²) in [5.41, 5.74) is 7.52. The third-order valence-electron chi connectivity index (χ3n) is 4.03. The van der Waals surface area contributed by atoms with E-state index in [-0.39, 0.29) is 17.3 Å². The molecule has 1 amide bonds. The van der Waals surface area contributed by atoms with Crippen molar-refractivity contribution in [3.8, 4) is 10.4 Å². The standard InChI is InChI=1S/C20H21N3O3S2/c1-14(23-28(25,26)15-7-3-2-4-8-15)13-22-20(24)19-12-11-18(27-19)16-9-5-6-10-17(16)21/h2-12,14,23H,13,21H2,1H3,(H,22,24)/t14-/m1/s1. The number of carbonyl (C=O) groups excluding carboxylic acids is 1. The van der Waals surface area contributed by atoms with E-state index < -0.39 is 16.1 Å². The lowest BCUT2D eigenvalue weighted by Crippen LogP contribution is -2.41. The lowest BCUT2D eigenvalue weighted by Gasteiger charge is -2.14. The molecular weight excluding hydrogens is 394 g/mol. The molecule has 2 aromatic carbocycles. The van der Waals surface area contributed by atoms with Crippen LogP contribution in [0.1, 0.15) is 16.6 Å². The number of rotatable bonds is 7. The van der Waals surface area contributed by atoms with E-state index in [9.17, 15) is 13.2 Å². The molecule has 28 heavy (non-hydrogen) atoms. The summed E-state index contributed by atoms with van der Waals surface area (Å²) in [5.74, 6) is -0.253. The van der Waals surface area contributed by atoms with Gasteiger partial charge in [-0.2, -0.15) is 0 Å². The molecule has 3 rings (SSSR count). The summed E-state index contributed by atoms with van der Waals surface area (Å²) in [7, 11) is -3.62. The quantitative estimate of drug-likeness (QED) is 0.516. The lowest BCUT2D eigenvalue weighted by atomic mass is 10.1. The predicted octanol–water partition coefficient (Wildman–Crippen LogP) is 3.09. The van der Waals surface area contributed by atoms with Crippen LogP contribution in [0.4, 0.5) is 5.69 Å². The van der Waals surface area contributed by atoms with Crippen molar-refractivity contribution in [1.82, 2.24) is 10.0 Å². The van der Waals surface area contributed by atoms with Gasteiger partial charge >= 0.3 is 0 Å². The Labute approximate surface area is 168 Å². The zero-order valence-corrected chi connectivity index (χ0v) is 16.9. The van der Waals surface area contributed by atoms with E-state index in [0.717, 1.165) is 10.4 Å². The first-order valence-corrected chi connectivity index (χ1v) is 11.0. The molecule has 0 radical (unpaired) electrons. The molecule has 0 unspecified atom stereocenters. The summed E-state index contributed by atoms with van der Waals surface area (Å²) in [6, 6.07) is 18.7. The Morgan fingerprint density at radius 2 is 1.71 bits per heavy atom. The zero-order chi connectivity index (χ0) is 20.1. The monoisotopic (exact) mass is 415 g/mol. The smallest absolute Gasteiger partial charge is 0.261 e. The van der Waals surface area contributed by atoms with Gasteiger partial charge in [-0.1, -0.05) is 36.4 Å². The van der Waals surface area contributed by atoms with Crippen molar-refractivity contribution in [1.29, 1.82) is 0 Å². The van der Waals surface area contributed by atoms with Crippen LogP contribution in [-0.2, 0) is 10.0 Å². The number of hydrogen-bond donors (Lipinski definition) is 3. The summed E-state index contributed by atoms with van der Waals surface area (Å²) in [6.45, 7) is 1.87. The molecule has 3 aromatic rings. The van der Waals surface area contributed by atoms with Crippen LogP contribution in [0.3, 0.4) is 0 Å². The largest absolute Gasteiger partial charge is 0.398 e. The Kier molecular flexibility index (Phi) is 6.13. The van der Waals surface area contributed by atoms with Crippen LogP contribution in [0.25, 0.3) is 10.4 Å². The molecular formula is C20H21N3O3S2. The van der Waals surface area contributed by atoms with E-state index in [1.165, 1.54) is 23.5 Å². The number of nitrogens with one attached hydrogen (secondary N) is 2. The molecule has 8 heteroatoms. The van der Waals surface area contributed by atoms with Crippen molar-refractivity contribution in [2.24, 2.45) is 0 Å². The van der Waals surface area contributed by atoms with Gasteiger partial charge in [-0.25, -0.2) is 13.1 Å². The third kappa shape index (κ3) is 4.78. The number of thiophene rings is 1. The highest BCUT2D eigenvalue weighted by atomic mass is 32.2. The van der Waals surface area contributed by atoms with Crippen LogP contribution in [0.2, 0.25) is 0 Å².